The van der Waals surface area contributed by atoms with E-state index in [-0.39, 0.29) is 6.04 Å². The molecule has 1 saturated carbocycles. The monoisotopic (exact) mass is 547 g/mol. The van der Waals surface area contributed by atoms with E-state index >= 15 is 0 Å². The lowest BCUT2D eigenvalue weighted by atomic mass is 9.97. The second kappa shape index (κ2) is 23.0. The van der Waals surface area contributed by atoms with Crippen LogP contribution in [0.3, 0.4) is 0 Å². The topological polar surface area (TPSA) is 32.3 Å². The Balaban J connectivity index is 1.56. The van der Waals surface area contributed by atoms with Crippen molar-refractivity contribution in [1.82, 2.24) is 10.2 Å². The van der Waals surface area contributed by atoms with Gasteiger partial charge in [-0.05, 0) is 57.0 Å². The molecule has 230 valence electrons. The number of amides is 1. The maximum absolute atomic E-state index is 13.2. The number of nitrogens with one attached hydrogen (secondary N) is 1. The van der Waals surface area contributed by atoms with Crippen LogP contribution < -0.4 is 5.32 Å². The van der Waals surface area contributed by atoms with E-state index in [1.54, 1.807) is 0 Å². The fourth-order valence-corrected chi connectivity index (χ4v) is 7.13. The van der Waals surface area contributed by atoms with Crippen molar-refractivity contribution in [3.63, 3.8) is 0 Å². The predicted octanol–water partition coefficient (Wildman–Crippen LogP) is 10.6. The van der Waals surface area contributed by atoms with Gasteiger partial charge in [0, 0.05) is 6.04 Å². The Kier molecular flexibility index (Phi) is 20.5. The first kappa shape index (κ1) is 34.6. The summed E-state index contributed by atoms with van der Waals surface area (Å²) in [5, 5.41) is 3.54. The number of carbonyl (C=O) groups excluding carboxylic acids is 1. The maximum Gasteiger partial charge on any atom is 0.237 e. The zero-order valence-electron chi connectivity index (χ0n) is 27.0. The van der Waals surface area contributed by atoms with Crippen molar-refractivity contribution in [3.05, 3.63) is 0 Å². The fourth-order valence-electron chi connectivity index (χ4n) is 7.13. The molecule has 1 saturated heterocycles. The van der Waals surface area contributed by atoms with Crippen molar-refractivity contribution in [3.8, 4) is 0 Å². The molecule has 2 rings (SSSR count). The molecule has 0 aromatic carbocycles. The summed E-state index contributed by atoms with van der Waals surface area (Å²) in [7, 11) is 0. The summed E-state index contributed by atoms with van der Waals surface area (Å²) in [5.74, 6) is 2.48. The van der Waals surface area contributed by atoms with E-state index in [4.69, 9.17) is 0 Å². The van der Waals surface area contributed by atoms with Gasteiger partial charge in [0.2, 0.25) is 5.91 Å². The Bertz CT molecular complexity index is 578. The highest BCUT2D eigenvalue weighted by molar-refractivity contribution is 5.82. The summed E-state index contributed by atoms with van der Waals surface area (Å²) in [6.07, 6.45) is 35.4. The molecule has 1 heterocycles. The normalized spacial score (nSPS) is 22.2. The number of rotatable bonds is 26. The van der Waals surface area contributed by atoms with Crippen LogP contribution in [0, 0.1) is 11.8 Å². The molecule has 39 heavy (non-hydrogen) atoms. The molecule has 4 unspecified atom stereocenters. The lowest BCUT2D eigenvalue weighted by Gasteiger charge is -2.34. The number of likely N-dealkylation sites (N-methyl/N-ethyl adjacent to an activating group) is 1. The van der Waals surface area contributed by atoms with Crippen LogP contribution in [0.15, 0.2) is 0 Å². The summed E-state index contributed by atoms with van der Waals surface area (Å²) in [4.78, 5) is 15.6. The largest absolute Gasteiger partial charge is 0.352 e. The standard InChI is InChI=1S/C36H70N2O/c1-4-7-9-11-13-17-21-27-34(37-36(39)35-29-23-24-30-38(35)6-3)28-22-18-14-16-20-26-33-31-32(33)25-19-15-12-10-8-5-2/h32-35H,4-31H2,1-3H3,(H,37,39). The summed E-state index contributed by atoms with van der Waals surface area (Å²) < 4.78 is 0. The van der Waals surface area contributed by atoms with Crippen LogP contribution in [0.5, 0.6) is 0 Å². The number of piperidine rings is 1. The lowest BCUT2D eigenvalue weighted by Crippen LogP contribution is -2.51. The Morgan fingerprint density at radius 1 is 0.667 bits per heavy atom. The minimum Gasteiger partial charge on any atom is -0.352 e. The van der Waals surface area contributed by atoms with Crippen molar-refractivity contribution in [1.29, 1.82) is 0 Å². The van der Waals surface area contributed by atoms with E-state index in [9.17, 15) is 4.79 Å². The fraction of sp³-hybridized carbons (Fsp3) is 0.972. The van der Waals surface area contributed by atoms with E-state index in [0.29, 0.717) is 11.9 Å². The molecule has 1 aliphatic heterocycles. The minimum absolute atomic E-state index is 0.118. The molecule has 2 fully saturated rings. The maximum atomic E-state index is 13.2. The molecule has 0 aromatic rings. The van der Waals surface area contributed by atoms with Gasteiger partial charge in [-0.1, -0.05) is 156 Å². The van der Waals surface area contributed by atoms with Crippen molar-refractivity contribution in [2.75, 3.05) is 13.1 Å². The van der Waals surface area contributed by atoms with Crippen LogP contribution in [0.4, 0.5) is 0 Å². The first-order chi connectivity index (χ1) is 19.2. The van der Waals surface area contributed by atoms with E-state index < -0.39 is 0 Å². The first-order valence-corrected chi connectivity index (χ1v) is 18.2. The van der Waals surface area contributed by atoms with Crippen molar-refractivity contribution < 1.29 is 4.79 Å². The molecule has 1 aliphatic carbocycles. The Labute approximate surface area is 245 Å². The summed E-state index contributed by atoms with van der Waals surface area (Å²) in [5.41, 5.74) is 0. The zero-order chi connectivity index (χ0) is 28.0. The van der Waals surface area contributed by atoms with Crippen LogP contribution in [-0.4, -0.2) is 36.0 Å². The van der Waals surface area contributed by atoms with E-state index in [0.717, 1.165) is 31.3 Å². The molecule has 0 radical (unpaired) electrons. The Morgan fingerprint density at radius 3 is 1.67 bits per heavy atom. The quantitative estimate of drug-likeness (QED) is 0.109. The molecule has 1 amide bonds. The number of unbranched alkanes of at least 4 members (excludes halogenated alkanes) is 15. The van der Waals surface area contributed by atoms with Gasteiger partial charge in [-0.25, -0.2) is 0 Å². The van der Waals surface area contributed by atoms with E-state index in [2.05, 4.69) is 31.0 Å². The summed E-state index contributed by atoms with van der Waals surface area (Å²) in [6, 6.07) is 0.510. The van der Waals surface area contributed by atoms with Crippen molar-refractivity contribution in [2.24, 2.45) is 11.8 Å². The highest BCUT2D eigenvalue weighted by Crippen LogP contribution is 2.45. The van der Waals surface area contributed by atoms with Gasteiger partial charge in [-0.3, -0.25) is 9.69 Å². The molecule has 0 bridgehead atoms. The number of likely N-dealkylation sites (tertiary alicyclic amines) is 1. The van der Waals surface area contributed by atoms with Gasteiger partial charge < -0.3 is 5.32 Å². The van der Waals surface area contributed by atoms with Crippen LogP contribution in [0.25, 0.3) is 0 Å². The molecule has 1 N–H and O–H groups in total. The van der Waals surface area contributed by atoms with Crippen LogP contribution in [-0.2, 0) is 4.79 Å². The Hall–Kier alpha value is -0.570. The molecule has 2 aliphatic rings. The first-order valence-electron chi connectivity index (χ1n) is 18.2. The van der Waals surface area contributed by atoms with E-state index in [1.807, 2.05) is 0 Å². The van der Waals surface area contributed by atoms with Gasteiger partial charge in [-0.15, -0.1) is 0 Å². The number of hydrogen-bond donors (Lipinski definition) is 1. The summed E-state index contributed by atoms with van der Waals surface area (Å²) >= 11 is 0. The molecular weight excluding hydrogens is 476 g/mol. The highest BCUT2D eigenvalue weighted by atomic mass is 16.2. The molecule has 0 spiro atoms. The molecular formula is C36H70N2O. The van der Waals surface area contributed by atoms with Gasteiger partial charge >= 0.3 is 0 Å². The van der Waals surface area contributed by atoms with Crippen molar-refractivity contribution >= 4 is 5.91 Å². The van der Waals surface area contributed by atoms with Gasteiger partial charge in [0.1, 0.15) is 0 Å². The second-order valence-corrected chi connectivity index (χ2v) is 13.4. The second-order valence-electron chi connectivity index (χ2n) is 13.4. The van der Waals surface area contributed by atoms with E-state index in [1.165, 1.54) is 161 Å². The molecule has 4 atom stereocenters. The average Bonchev–Trinajstić information content (AvgIpc) is 3.71. The smallest absolute Gasteiger partial charge is 0.237 e. The van der Waals surface area contributed by atoms with Gasteiger partial charge in [0.05, 0.1) is 6.04 Å². The third kappa shape index (κ3) is 16.5. The van der Waals surface area contributed by atoms with Crippen LogP contribution in [0.2, 0.25) is 0 Å². The predicted molar refractivity (Wildman–Crippen MR) is 171 cm³/mol. The third-order valence-corrected chi connectivity index (χ3v) is 9.95. The molecule has 3 heteroatoms. The lowest BCUT2D eigenvalue weighted by molar-refractivity contribution is -0.128. The average molecular weight is 547 g/mol. The molecule has 3 nitrogen and oxygen atoms in total. The van der Waals surface area contributed by atoms with Crippen molar-refractivity contribution in [2.45, 2.75) is 200 Å². The minimum atomic E-state index is 0.118. The van der Waals surface area contributed by atoms with Crippen LogP contribution in [0.1, 0.15) is 188 Å². The van der Waals surface area contributed by atoms with Crippen LogP contribution >= 0.6 is 0 Å². The number of carbonyl (C=O) groups is 1. The van der Waals surface area contributed by atoms with Gasteiger partial charge in [0.15, 0.2) is 0 Å². The molecule has 0 aromatic heterocycles. The highest BCUT2D eigenvalue weighted by Gasteiger charge is 2.35. The van der Waals surface area contributed by atoms with Gasteiger partial charge in [0.25, 0.3) is 0 Å². The number of nitrogens with zero attached hydrogens (tertiary/aromatic N) is 1. The summed E-state index contributed by atoms with van der Waals surface area (Å²) in [6.45, 7) is 8.90. The Morgan fingerprint density at radius 2 is 1.15 bits per heavy atom. The zero-order valence-corrected chi connectivity index (χ0v) is 27.0. The number of hydrogen-bond acceptors (Lipinski definition) is 2. The SMILES string of the molecule is CCCCCCCCCC(CCCCCCCC1CC1CCCCCCCC)NC(=O)C1CCCCN1CC. The van der Waals surface area contributed by atoms with Gasteiger partial charge in [-0.2, -0.15) is 0 Å². The third-order valence-electron chi connectivity index (χ3n) is 9.95.